The van der Waals surface area contributed by atoms with Crippen LogP contribution in [0.3, 0.4) is 0 Å². The minimum Gasteiger partial charge on any atom is -0.399 e. The van der Waals surface area contributed by atoms with E-state index < -0.39 is 0 Å². The van der Waals surface area contributed by atoms with Gasteiger partial charge in [0.05, 0.1) is 0 Å². The lowest BCUT2D eigenvalue weighted by atomic mass is 9.94. The molecule has 3 aromatic rings. The number of nitrogen functional groups attached to an aromatic ring is 1. The first kappa shape index (κ1) is 13.4. The average Bonchev–Trinajstić information content (AvgIpc) is 2.55. The molecular weight excluding hydrogens is 254 g/mol. The molecule has 0 bridgehead atoms. The Morgan fingerprint density at radius 2 is 1.33 bits per heavy atom. The summed E-state index contributed by atoms with van der Waals surface area (Å²) in [5.41, 5.74) is 12.0. The molecule has 0 saturated carbocycles. The third kappa shape index (κ3) is 3.32. The molecule has 0 spiro atoms. The first-order chi connectivity index (χ1) is 10.3. The van der Waals surface area contributed by atoms with Crippen molar-refractivity contribution < 1.29 is 0 Å². The molecule has 0 amide bonds. The first-order valence-electron chi connectivity index (χ1n) is 7.31. The lowest BCUT2D eigenvalue weighted by Crippen LogP contribution is -1.96. The van der Waals surface area contributed by atoms with Crippen LogP contribution in [-0.2, 0) is 12.8 Å². The second kappa shape index (κ2) is 6.27. The Labute approximate surface area is 126 Å². The number of anilines is 1. The summed E-state index contributed by atoms with van der Waals surface area (Å²) in [4.78, 5) is 0. The molecule has 0 heterocycles. The molecule has 0 aliphatic carbocycles. The van der Waals surface area contributed by atoms with Gasteiger partial charge in [-0.05, 0) is 47.2 Å². The number of rotatable bonds is 4. The predicted molar refractivity (Wildman–Crippen MR) is 90.1 cm³/mol. The summed E-state index contributed by atoms with van der Waals surface area (Å²) in [6, 6.07) is 27.3. The second-order valence-corrected chi connectivity index (χ2v) is 5.27. The van der Waals surface area contributed by atoms with Gasteiger partial charge >= 0.3 is 0 Å². The first-order valence-corrected chi connectivity index (χ1v) is 7.31. The molecule has 0 saturated heterocycles. The third-order valence-corrected chi connectivity index (χ3v) is 3.74. The lowest BCUT2D eigenvalue weighted by Gasteiger charge is -2.11. The standard InChI is InChI=1S/C20H19N/c21-19-13-14-20(17-9-5-2-6-10-17)18(15-19)12-11-16-7-3-1-4-8-16/h1-10,13-15H,11-12,21H2. The minimum absolute atomic E-state index is 0.831. The number of hydrogen-bond donors (Lipinski definition) is 1. The van der Waals surface area contributed by atoms with Gasteiger partial charge in [-0.15, -0.1) is 0 Å². The summed E-state index contributed by atoms with van der Waals surface area (Å²) in [5.74, 6) is 0. The smallest absolute Gasteiger partial charge is 0.0317 e. The van der Waals surface area contributed by atoms with Crippen molar-refractivity contribution in [1.82, 2.24) is 0 Å². The molecule has 0 unspecified atom stereocenters. The van der Waals surface area contributed by atoms with Crippen molar-refractivity contribution in [3.05, 3.63) is 90.0 Å². The van der Waals surface area contributed by atoms with Crippen molar-refractivity contribution in [1.29, 1.82) is 0 Å². The van der Waals surface area contributed by atoms with Crippen LogP contribution < -0.4 is 5.73 Å². The fourth-order valence-corrected chi connectivity index (χ4v) is 2.64. The Morgan fingerprint density at radius 1 is 0.667 bits per heavy atom. The van der Waals surface area contributed by atoms with Crippen LogP contribution >= 0.6 is 0 Å². The van der Waals surface area contributed by atoms with Gasteiger partial charge in [0.25, 0.3) is 0 Å². The van der Waals surface area contributed by atoms with Crippen LogP contribution in [0, 0.1) is 0 Å². The Morgan fingerprint density at radius 3 is 2.05 bits per heavy atom. The number of nitrogens with two attached hydrogens (primary N) is 1. The molecule has 3 aromatic carbocycles. The number of aryl methyl sites for hydroxylation is 2. The van der Waals surface area contributed by atoms with Gasteiger partial charge in [0, 0.05) is 5.69 Å². The summed E-state index contributed by atoms with van der Waals surface area (Å²) in [6.45, 7) is 0. The molecular formula is C20H19N. The molecule has 0 aliphatic heterocycles. The Balaban J connectivity index is 1.89. The molecule has 2 N–H and O–H groups in total. The molecule has 0 fully saturated rings. The van der Waals surface area contributed by atoms with Crippen LogP contribution in [0.25, 0.3) is 11.1 Å². The molecule has 3 rings (SSSR count). The molecule has 1 nitrogen and oxygen atoms in total. The quantitative estimate of drug-likeness (QED) is 0.684. The van der Waals surface area contributed by atoms with Gasteiger partial charge in [0.15, 0.2) is 0 Å². The van der Waals surface area contributed by atoms with Gasteiger partial charge in [0.1, 0.15) is 0 Å². The highest BCUT2D eigenvalue weighted by Crippen LogP contribution is 2.26. The van der Waals surface area contributed by atoms with Crippen molar-refractivity contribution in [2.24, 2.45) is 0 Å². The maximum absolute atomic E-state index is 5.97. The molecule has 104 valence electrons. The van der Waals surface area contributed by atoms with Gasteiger partial charge in [0.2, 0.25) is 0 Å². The lowest BCUT2D eigenvalue weighted by molar-refractivity contribution is 0.963. The van der Waals surface area contributed by atoms with E-state index in [1.807, 2.05) is 12.1 Å². The minimum atomic E-state index is 0.831. The van der Waals surface area contributed by atoms with E-state index in [4.69, 9.17) is 5.73 Å². The summed E-state index contributed by atoms with van der Waals surface area (Å²) >= 11 is 0. The fraction of sp³-hybridized carbons (Fsp3) is 0.100. The van der Waals surface area contributed by atoms with Crippen molar-refractivity contribution in [2.75, 3.05) is 5.73 Å². The van der Waals surface area contributed by atoms with Gasteiger partial charge in [-0.25, -0.2) is 0 Å². The average molecular weight is 273 g/mol. The van der Waals surface area contributed by atoms with E-state index in [1.165, 1.54) is 22.3 Å². The highest BCUT2D eigenvalue weighted by molar-refractivity contribution is 5.69. The van der Waals surface area contributed by atoms with Gasteiger partial charge < -0.3 is 5.73 Å². The summed E-state index contributed by atoms with van der Waals surface area (Å²) in [5, 5.41) is 0. The zero-order valence-corrected chi connectivity index (χ0v) is 12.0. The topological polar surface area (TPSA) is 26.0 Å². The Hall–Kier alpha value is -2.54. The Kier molecular flexibility index (Phi) is 4.02. The zero-order valence-electron chi connectivity index (χ0n) is 12.0. The monoisotopic (exact) mass is 273 g/mol. The van der Waals surface area contributed by atoms with Crippen LogP contribution in [-0.4, -0.2) is 0 Å². The maximum Gasteiger partial charge on any atom is 0.0317 e. The van der Waals surface area contributed by atoms with E-state index in [9.17, 15) is 0 Å². The zero-order chi connectivity index (χ0) is 14.5. The molecule has 1 heteroatoms. The molecule has 0 aromatic heterocycles. The number of hydrogen-bond acceptors (Lipinski definition) is 1. The van der Waals surface area contributed by atoms with Crippen molar-refractivity contribution >= 4 is 5.69 Å². The van der Waals surface area contributed by atoms with E-state index in [2.05, 4.69) is 66.7 Å². The third-order valence-electron chi connectivity index (χ3n) is 3.74. The van der Waals surface area contributed by atoms with Gasteiger partial charge in [-0.1, -0.05) is 66.7 Å². The second-order valence-electron chi connectivity index (χ2n) is 5.27. The molecule has 0 aliphatic rings. The van der Waals surface area contributed by atoms with E-state index >= 15 is 0 Å². The van der Waals surface area contributed by atoms with Crippen LogP contribution in [0.15, 0.2) is 78.9 Å². The highest BCUT2D eigenvalue weighted by atomic mass is 14.5. The van der Waals surface area contributed by atoms with Crippen LogP contribution in [0.4, 0.5) is 5.69 Å². The molecule has 21 heavy (non-hydrogen) atoms. The summed E-state index contributed by atoms with van der Waals surface area (Å²) in [6.07, 6.45) is 2.03. The van der Waals surface area contributed by atoms with Gasteiger partial charge in [-0.2, -0.15) is 0 Å². The van der Waals surface area contributed by atoms with Crippen LogP contribution in [0.1, 0.15) is 11.1 Å². The van der Waals surface area contributed by atoms with Crippen molar-refractivity contribution in [3.8, 4) is 11.1 Å². The van der Waals surface area contributed by atoms with Gasteiger partial charge in [-0.3, -0.25) is 0 Å². The van der Waals surface area contributed by atoms with E-state index in [0.29, 0.717) is 0 Å². The normalized spacial score (nSPS) is 10.5. The van der Waals surface area contributed by atoms with Crippen LogP contribution in [0.2, 0.25) is 0 Å². The predicted octanol–water partition coefficient (Wildman–Crippen LogP) is 4.72. The fourth-order valence-electron chi connectivity index (χ4n) is 2.64. The maximum atomic E-state index is 5.97. The van der Waals surface area contributed by atoms with E-state index in [-0.39, 0.29) is 0 Å². The van der Waals surface area contributed by atoms with Crippen LogP contribution in [0.5, 0.6) is 0 Å². The van der Waals surface area contributed by atoms with E-state index in [0.717, 1.165) is 18.5 Å². The largest absolute Gasteiger partial charge is 0.399 e. The summed E-state index contributed by atoms with van der Waals surface area (Å²) in [7, 11) is 0. The SMILES string of the molecule is Nc1ccc(-c2ccccc2)c(CCc2ccccc2)c1. The Bertz CT molecular complexity index is 702. The molecule has 0 radical (unpaired) electrons. The number of benzene rings is 3. The van der Waals surface area contributed by atoms with E-state index in [1.54, 1.807) is 0 Å². The van der Waals surface area contributed by atoms with Crippen molar-refractivity contribution in [2.45, 2.75) is 12.8 Å². The summed E-state index contributed by atoms with van der Waals surface area (Å²) < 4.78 is 0. The highest BCUT2D eigenvalue weighted by Gasteiger charge is 2.06. The molecule has 0 atom stereocenters. The van der Waals surface area contributed by atoms with Crippen molar-refractivity contribution in [3.63, 3.8) is 0 Å².